The lowest BCUT2D eigenvalue weighted by Gasteiger charge is -2.06. The van der Waals surface area contributed by atoms with E-state index in [9.17, 15) is 9.59 Å². The van der Waals surface area contributed by atoms with Gasteiger partial charge in [0, 0.05) is 5.92 Å². The monoisotopic (exact) mass is 149 g/mol. The Morgan fingerprint density at radius 1 is 1.78 bits per heavy atom. The van der Waals surface area contributed by atoms with Crippen LogP contribution >= 0.6 is 11.6 Å². The Kier molecular flexibility index (Phi) is 3.42. The van der Waals surface area contributed by atoms with Crippen LogP contribution in [-0.4, -0.2) is 17.6 Å². The van der Waals surface area contributed by atoms with E-state index in [1.807, 2.05) is 0 Å². The fourth-order valence-corrected chi connectivity index (χ4v) is 0.490. The molecule has 0 spiro atoms. The zero-order valence-corrected chi connectivity index (χ0v) is 5.76. The van der Waals surface area contributed by atoms with E-state index in [0.29, 0.717) is 6.29 Å². The number of nitrogens with two attached hydrogens (primary N) is 1. The molecule has 0 aromatic carbocycles. The molecule has 0 saturated heterocycles. The van der Waals surface area contributed by atoms with Crippen molar-refractivity contribution in [3.63, 3.8) is 0 Å². The van der Waals surface area contributed by atoms with E-state index in [4.69, 9.17) is 17.3 Å². The third-order valence-corrected chi connectivity index (χ3v) is 1.30. The van der Waals surface area contributed by atoms with Gasteiger partial charge in [-0.05, 0) is 11.6 Å². The van der Waals surface area contributed by atoms with Crippen molar-refractivity contribution in [2.45, 2.75) is 13.0 Å². The van der Waals surface area contributed by atoms with Crippen LogP contribution in [0.1, 0.15) is 6.92 Å². The summed E-state index contributed by atoms with van der Waals surface area (Å²) in [6.07, 6.45) is 0.602. The van der Waals surface area contributed by atoms with E-state index in [2.05, 4.69) is 0 Å². The maximum Gasteiger partial charge on any atom is 0.239 e. The molecule has 0 aromatic rings. The first-order valence-electron chi connectivity index (χ1n) is 2.49. The van der Waals surface area contributed by atoms with Crippen molar-refractivity contribution in [1.29, 1.82) is 0 Å². The molecule has 9 heavy (non-hydrogen) atoms. The molecule has 4 heteroatoms. The molecule has 2 atom stereocenters. The highest BCUT2D eigenvalue weighted by Crippen LogP contribution is 1.99. The van der Waals surface area contributed by atoms with E-state index >= 15 is 0 Å². The van der Waals surface area contributed by atoms with Gasteiger partial charge >= 0.3 is 0 Å². The summed E-state index contributed by atoms with van der Waals surface area (Å²) in [6, 6.07) is -0.857. The van der Waals surface area contributed by atoms with Crippen molar-refractivity contribution in [1.82, 2.24) is 0 Å². The summed E-state index contributed by atoms with van der Waals surface area (Å²) in [5.74, 6) is -0.491. The van der Waals surface area contributed by atoms with Gasteiger partial charge in [-0.15, -0.1) is 0 Å². The van der Waals surface area contributed by atoms with Crippen LogP contribution in [-0.2, 0) is 9.59 Å². The van der Waals surface area contributed by atoms with E-state index in [-0.39, 0.29) is 0 Å². The molecule has 0 rings (SSSR count). The quantitative estimate of drug-likeness (QED) is 0.451. The Hall–Kier alpha value is -0.410. The van der Waals surface area contributed by atoms with Crippen LogP contribution in [0.4, 0.5) is 0 Å². The molecule has 0 bridgehead atoms. The second-order valence-corrected chi connectivity index (χ2v) is 2.20. The summed E-state index contributed by atoms with van der Waals surface area (Å²) in [4.78, 5) is 20.2. The van der Waals surface area contributed by atoms with Crippen molar-refractivity contribution in [2.24, 2.45) is 11.7 Å². The van der Waals surface area contributed by atoms with Crippen molar-refractivity contribution in [3.8, 4) is 0 Å². The maximum atomic E-state index is 10.2. The van der Waals surface area contributed by atoms with Gasteiger partial charge in [0.2, 0.25) is 5.24 Å². The van der Waals surface area contributed by atoms with Crippen LogP contribution < -0.4 is 5.73 Å². The third kappa shape index (κ3) is 2.58. The summed E-state index contributed by atoms with van der Waals surface area (Å²) in [5, 5.41) is -0.672. The SMILES string of the molecule is CC(C=O)C(N)C(=O)Cl. The lowest BCUT2D eigenvalue weighted by Crippen LogP contribution is -2.34. The molecule has 0 aliphatic heterocycles. The van der Waals surface area contributed by atoms with Gasteiger partial charge in [-0.3, -0.25) is 4.79 Å². The minimum atomic E-state index is -0.857. The lowest BCUT2D eigenvalue weighted by atomic mass is 10.1. The second-order valence-electron chi connectivity index (χ2n) is 1.83. The Bertz CT molecular complexity index is 126. The van der Waals surface area contributed by atoms with Crippen molar-refractivity contribution >= 4 is 23.1 Å². The van der Waals surface area contributed by atoms with Gasteiger partial charge in [0.15, 0.2) is 0 Å². The van der Waals surface area contributed by atoms with E-state index in [1.54, 1.807) is 0 Å². The van der Waals surface area contributed by atoms with Gasteiger partial charge in [-0.1, -0.05) is 6.92 Å². The fourth-order valence-electron chi connectivity index (χ4n) is 0.291. The van der Waals surface area contributed by atoms with E-state index in [1.165, 1.54) is 6.92 Å². The van der Waals surface area contributed by atoms with E-state index < -0.39 is 17.2 Å². The van der Waals surface area contributed by atoms with Crippen LogP contribution in [0.2, 0.25) is 0 Å². The molecular weight excluding hydrogens is 142 g/mol. The number of hydrogen-bond donors (Lipinski definition) is 1. The second kappa shape index (κ2) is 3.58. The Labute approximate surface area is 58.2 Å². The molecule has 0 heterocycles. The normalized spacial score (nSPS) is 16.3. The number of carbonyl (C=O) groups excluding carboxylic acids is 2. The molecule has 0 aliphatic rings. The largest absolute Gasteiger partial charge is 0.320 e. The van der Waals surface area contributed by atoms with Gasteiger partial charge in [0.25, 0.3) is 0 Å². The van der Waals surface area contributed by atoms with Crippen LogP contribution in [0.5, 0.6) is 0 Å². The highest BCUT2D eigenvalue weighted by molar-refractivity contribution is 6.64. The van der Waals surface area contributed by atoms with Gasteiger partial charge in [0.1, 0.15) is 6.29 Å². The first-order chi connectivity index (χ1) is 4.09. The number of halogens is 1. The maximum absolute atomic E-state index is 10.2. The predicted molar refractivity (Wildman–Crippen MR) is 34.1 cm³/mol. The topological polar surface area (TPSA) is 60.2 Å². The van der Waals surface area contributed by atoms with Crippen LogP contribution in [0.25, 0.3) is 0 Å². The van der Waals surface area contributed by atoms with Gasteiger partial charge in [-0.25, -0.2) is 0 Å². The average molecular weight is 150 g/mol. The molecule has 0 radical (unpaired) electrons. The van der Waals surface area contributed by atoms with Crippen molar-refractivity contribution in [2.75, 3.05) is 0 Å². The fraction of sp³-hybridized carbons (Fsp3) is 0.600. The molecule has 2 unspecified atom stereocenters. The van der Waals surface area contributed by atoms with Crippen LogP contribution in [0.15, 0.2) is 0 Å². The smallest absolute Gasteiger partial charge is 0.239 e. The molecule has 52 valence electrons. The number of aldehydes is 1. The summed E-state index contributed by atoms with van der Waals surface area (Å²) < 4.78 is 0. The van der Waals surface area contributed by atoms with Crippen LogP contribution in [0.3, 0.4) is 0 Å². The Morgan fingerprint density at radius 3 is 2.33 bits per heavy atom. The average Bonchev–Trinajstić information content (AvgIpc) is 1.84. The molecule has 0 aliphatic carbocycles. The highest BCUT2D eigenvalue weighted by Gasteiger charge is 2.17. The van der Waals surface area contributed by atoms with Gasteiger partial charge < -0.3 is 10.5 Å². The summed E-state index contributed by atoms with van der Waals surface area (Å²) >= 11 is 4.98. The van der Waals surface area contributed by atoms with Crippen LogP contribution in [0, 0.1) is 5.92 Å². The minimum Gasteiger partial charge on any atom is -0.320 e. The number of rotatable bonds is 3. The summed E-state index contributed by atoms with van der Waals surface area (Å²) in [7, 11) is 0. The third-order valence-electron chi connectivity index (χ3n) is 1.04. The first-order valence-corrected chi connectivity index (χ1v) is 2.87. The van der Waals surface area contributed by atoms with Gasteiger partial charge in [-0.2, -0.15) is 0 Å². The van der Waals surface area contributed by atoms with E-state index in [0.717, 1.165) is 0 Å². The minimum absolute atomic E-state index is 0.491. The Morgan fingerprint density at radius 2 is 2.22 bits per heavy atom. The summed E-state index contributed by atoms with van der Waals surface area (Å²) in [6.45, 7) is 1.54. The molecule has 3 nitrogen and oxygen atoms in total. The zero-order chi connectivity index (χ0) is 7.44. The lowest BCUT2D eigenvalue weighted by molar-refractivity contribution is -0.118. The molecule has 0 saturated carbocycles. The molecular formula is C5H8ClNO2. The molecule has 0 fully saturated rings. The Balaban J connectivity index is 3.86. The summed E-state index contributed by atoms with van der Waals surface area (Å²) in [5.41, 5.74) is 5.16. The number of carbonyl (C=O) groups is 2. The standard InChI is InChI=1S/C5H8ClNO2/c1-3(2-8)4(7)5(6)9/h2-4H,7H2,1H3. The van der Waals surface area contributed by atoms with Crippen molar-refractivity contribution < 1.29 is 9.59 Å². The predicted octanol–water partition coefficient (Wildman–Crippen LogP) is -0.0859. The molecule has 0 aromatic heterocycles. The zero-order valence-electron chi connectivity index (χ0n) is 5.00. The van der Waals surface area contributed by atoms with Crippen molar-refractivity contribution in [3.05, 3.63) is 0 Å². The highest BCUT2D eigenvalue weighted by atomic mass is 35.5. The molecule has 2 N–H and O–H groups in total. The van der Waals surface area contributed by atoms with Gasteiger partial charge in [0.05, 0.1) is 6.04 Å². The first kappa shape index (κ1) is 8.59. The molecule has 0 amide bonds. The number of hydrogen-bond acceptors (Lipinski definition) is 3.